The largest absolute Gasteiger partial charge is 0.480 e. The molecule has 0 aliphatic heterocycles. The van der Waals surface area contributed by atoms with Crippen LogP contribution in [0.4, 0.5) is 0 Å². The Hall–Kier alpha value is -1.94. The van der Waals surface area contributed by atoms with Gasteiger partial charge in [-0.2, -0.15) is 0 Å². The van der Waals surface area contributed by atoms with Crippen molar-refractivity contribution in [3.8, 4) is 5.75 Å². The molecular weight excluding hydrogens is 264 g/mol. The Bertz CT molecular complexity index is 597. The first-order chi connectivity index (χ1) is 8.53. The van der Waals surface area contributed by atoms with Gasteiger partial charge in [-0.25, -0.2) is 0 Å². The Morgan fingerprint density at radius 2 is 1.79 bits per heavy atom. The lowest BCUT2D eigenvalue weighted by molar-refractivity contribution is 0.173. The fourth-order valence-corrected chi connectivity index (χ4v) is 1.70. The summed E-state index contributed by atoms with van der Waals surface area (Å²) in [7, 11) is 0. The standard InChI is InChI=1S/C14H16N2O2.ClH/c1-14(2,13(15)16-17)18-12-8-7-10-5-3-4-6-11(10)9-12;/h3-9,17H,1-2H3,(H2,15,16);1H. The van der Waals surface area contributed by atoms with Crippen LogP contribution in [0.2, 0.25) is 0 Å². The van der Waals surface area contributed by atoms with Gasteiger partial charge in [0, 0.05) is 0 Å². The highest BCUT2D eigenvalue weighted by Crippen LogP contribution is 2.24. The van der Waals surface area contributed by atoms with Gasteiger partial charge in [-0.3, -0.25) is 0 Å². The van der Waals surface area contributed by atoms with E-state index in [0.29, 0.717) is 5.75 Å². The molecule has 2 aromatic rings. The fourth-order valence-electron chi connectivity index (χ4n) is 1.70. The van der Waals surface area contributed by atoms with Crippen LogP contribution in [0.1, 0.15) is 13.8 Å². The Kier molecular flexibility index (Phi) is 4.62. The predicted octanol–water partition coefficient (Wildman–Crippen LogP) is 3.17. The van der Waals surface area contributed by atoms with Gasteiger partial charge >= 0.3 is 0 Å². The third-order valence-electron chi connectivity index (χ3n) is 2.82. The number of benzene rings is 2. The summed E-state index contributed by atoms with van der Waals surface area (Å²) in [6, 6.07) is 13.8. The molecule has 0 radical (unpaired) electrons. The van der Waals surface area contributed by atoms with E-state index in [4.69, 9.17) is 15.7 Å². The smallest absolute Gasteiger partial charge is 0.182 e. The topological polar surface area (TPSA) is 67.8 Å². The molecule has 0 spiro atoms. The molecule has 2 rings (SSSR count). The maximum atomic E-state index is 8.70. The lowest BCUT2D eigenvalue weighted by Gasteiger charge is -2.24. The SMILES string of the molecule is CC(C)(Oc1ccc2ccccc2c1)C(N)=NO.Cl. The predicted molar refractivity (Wildman–Crippen MR) is 79.3 cm³/mol. The van der Waals surface area contributed by atoms with E-state index in [1.54, 1.807) is 13.8 Å². The zero-order valence-corrected chi connectivity index (χ0v) is 11.6. The first-order valence-corrected chi connectivity index (χ1v) is 5.69. The molecule has 102 valence electrons. The monoisotopic (exact) mass is 280 g/mol. The molecule has 4 nitrogen and oxygen atoms in total. The quantitative estimate of drug-likeness (QED) is 0.393. The molecule has 5 heteroatoms. The van der Waals surface area contributed by atoms with Crippen LogP contribution in [0, 0.1) is 0 Å². The van der Waals surface area contributed by atoms with Crippen LogP contribution in [0.15, 0.2) is 47.6 Å². The minimum absolute atomic E-state index is 0. The molecule has 0 aliphatic rings. The second-order valence-corrected chi connectivity index (χ2v) is 4.61. The van der Waals surface area contributed by atoms with Crippen molar-refractivity contribution in [2.24, 2.45) is 10.9 Å². The Morgan fingerprint density at radius 3 is 2.42 bits per heavy atom. The highest BCUT2D eigenvalue weighted by atomic mass is 35.5. The van der Waals surface area contributed by atoms with Crippen molar-refractivity contribution in [1.29, 1.82) is 0 Å². The van der Waals surface area contributed by atoms with Gasteiger partial charge in [0.15, 0.2) is 11.4 Å². The number of rotatable bonds is 3. The molecule has 3 N–H and O–H groups in total. The maximum Gasteiger partial charge on any atom is 0.182 e. The van der Waals surface area contributed by atoms with Crippen LogP contribution in [0.3, 0.4) is 0 Å². The van der Waals surface area contributed by atoms with E-state index in [1.165, 1.54) is 0 Å². The normalized spacial score (nSPS) is 12.0. The minimum Gasteiger partial charge on any atom is -0.480 e. The number of hydrogen-bond donors (Lipinski definition) is 2. The summed E-state index contributed by atoms with van der Waals surface area (Å²) in [6.45, 7) is 3.49. The molecule has 0 unspecified atom stereocenters. The number of fused-ring (bicyclic) bond motifs is 1. The van der Waals surface area contributed by atoms with E-state index in [2.05, 4.69) is 5.16 Å². The molecule has 0 bridgehead atoms. The number of halogens is 1. The molecule has 0 saturated carbocycles. The van der Waals surface area contributed by atoms with Crippen LogP contribution in [0.5, 0.6) is 5.75 Å². The third-order valence-corrected chi connectivity index (χ3v) is 2.82. The van der Waals surface area contributed by atoms with E-state index < -0.39 is 5.60 Å². The summed E-state index contributed by atoms with van der Waals surface area (Å²) in [4.78, 5) is 0. The van der Waals surface area contributed by atoms with Crippen molar-refractivity contribution in [3.05, 3.63) is 42.5 Å². The number of hydrogen-bond acceptors (Lipinski definition) is 3. The van der Waals surface area contributed by atoms with Crippen LogP contribution < -0.4 is 10.5 Å². The highest BCUT2D eigenvalue weighted by Gasteiger charge is 2.25. The molecule has 0 aromatic heterocycles. The van der Waals surface area contributed by atoms with Gasteiger partial charge in [-0.05, 0) is 36.8 Å². The van der Waals surface area contributed by atoms with Gasteiger partial charge < -0.3 is 15.7 Å². The van der Waals surface area contributed by atoms with Gasteiger partial charge in [0.1, 0.15) is 5.75 Å². The molecule has 0 aliphatic carbocycles. The van der Waals surface area contributed by atoms with E-state index in [9.17, 15) is 0 Å². The molecule has 19 heavy (non-hydrogen) atoms. The van der Waals surface area contributed by atoms with Crippen molar-refractivity contribution in [2.75, 3.05) is 0 Å². The van der Waals surface area contributed by atoms with E-state index in [0.717, 1.165) is 10.8 Å². The van der Waals surface area contributed by atoms with Crippen molar-refractivity contribution in [2.45, 2.75) is 19.4 Å². The number of oxime groups is 1. The van der Waals surface area contributed by atoms with Crippen molar-refractivity contribution >= 4 is 29.0 Å². The second-order valence-electron chi connectivity index (χ2n) is 4.61. The number of nitrogens with zero attached hydrogens (tertiary/aromatic N) is 1. The number of amidine groups is 1. The van der Waals surface area contributed by atoms with E-state index in [1.807, 2.05) is 42.5 Å². The van der Waals surface area contributed by atoms with Crippen molar-refractivity contribution in [3.63, 3.8) is 0 Å². The van der Waals surface area contributed by atoms with Crippen LogP contribution in [0.25, 0.3) is 10.8 Å². The Balaban J connectivity index is 0.00000180. The molecule has 0 heterocycles. The first kappa shape index (κ1) is 15.1. The third kappa shape index (κ3) is 3.29. The summed E-state index contributed by atoms with van der Waals surface area (Å²) in [5, 5.41) is 13.9. The highest BCUT2D eigenvalue weighted by molar-refractivity contribution is 5.88. The van der Waals surface area contributed by atoms with Crippen LogP contribution in [-0.4, -0.2) is 16.6 Å². The summed E-state index contributed by atoms with van der Waals surface area (Å²) >= 11 is 0. The van der Waals surface area contributed by atoms with Gasteiger partial charge in [-0.1, -0.05) is 35.5 Å². The van der Waals surface area contributed by atoms with Gasteiger partial charge in [-0.15, -0.1) is 12.4 Å². The molecule has 0 atom stereocenters. The average molecular weight is 281 g/mol. The van der Waals surface area contributed by atoms with Gasteiger partial charge in [0.05, 0.1) is 0 Å². The molecule has 2 aromatic carbocycles. The number of nitrogens with two attached hydrogens (primary N) is 1. The van der Waals surface area contributed by atoms with E-state index in [-0.39, 0.29) is 18.2 Å². The van der Waals surface area contributed by atoms with Crippen LogP contribution in [-0.2, 0) is 0 Å². The lowest BCUT2D eigenvalue weighted by Crippen LogP contribution is -2.43. The molecule has 0 fully saturated rings. The maximum absolute atomic E-state index is 8.70. The summed E-state index contributed by atoms with van der Waals surface area (Å²) in [5.74, 6) is 0.723. The van der Waals surface area contributed by atoms with E-state index >= 15 is 0 Å². The zero-order valence-electron chi connectivity index (χ0n) is 10.8. The lowest BCUT2D eigenvalue weighted by atomic mass is 10.1. The average Bonchev–Trinajstić information content (AvgIpc) is 2.37. The van der Waals surface area contributed by atoms with Crippen LogP contribution >= 0.6 is 12.4 Å². The fraction of sp³-hybridized carbons (Fsp3) is 0.214. The Morgan fingerprint density at radius 1 is 1.16 bits per heavy atom. The summed E-state index contributed by atoms with van der Waals surface area (Å²) < 4.78 is 5.75. The molecule has 0 amide bonds. The second kappa shape index (κ2) is 5.80. The first-order valence-electron chi connectivity index (χ1n) is 5.69. The minimum atomic E-state index is -0.850. The number of ether oxygens (including phenoxy) is 1. The molecular formula is C14H17ClN2O2. The van der Waals surface area contributed by atoms with Gasteiger partial charge in [0.2, 0.25) is 0 Å². The molecule has 0 saturated heterocycles. The van der Waals surface area contributed by atoms with Gasteiger partial charge in [0.25, 0.3) is 0 Å². The van der Waals surface area contributed by atoms with Crippen molar-refractivity contribution < 1.29 is 9.94 Å². The Labute approximate surface area is 118 Å². The zero-order chi connectivity index (χ0) is 13.2. The van der Waals surface area contributed by atoms with Crippen molar-refractivity contribution in [1.82, 2.24) is 0 Å². The summed E-state index contributed by atoms with van der Waals surface area (Å²) in [6.07, 6.45) is 0. The summed E-state index contributed by atoms with van der Waals surface area (Å²) in [5.41, 5.74) is 4.74.